The van der Waals surface area contributed by atoms with Crippen LogP contribution in [0, 0.1) is 0 Å². The summed E-state index contributed by atoms with van der Waals surface area (Å²) in [6.07, 6.45) is 0. The highest BCUT2D eigenvalue weighted by atomic mass is 16.3. The van der Waals surface area contributed by atoms with E-state index in [1.807, 2.05) is 0 Å². The van der Waals surface area contributed by atoms with Crippen LogP contribution < -0.4 is 9.80 Å². The standard InChI is InChI=1S/C75H54N2O/c1-75(2)68-49-64(76(60-39-31-55(32-40-60)51-19-8-3-9-20-51)61-41-33-56(34-42-61)52-21-10-4-11-22-52)47-48-66(68)71-69(75)50-70(72-67-30-18-29-65(73(67)78-74(71)72)59-27-16-7-17-28-59)77(62-43-35-57(36-44-62)53-23-12-5-13-24-53)63-45-37-58(38-46-63)54-25-14-6-15-26-54/h3-50H,1-2H3. The number of para-hydroxylation sites is 1. The normalized spacial score (nSPS) is 12.3. The Balaban J connectivity index is 0.976. The number of nitrogens with zero attached hydrogens (tertiary/aromatic N) is 2. The average molecular weight is 999 g/mol. The zero-order chi connectivity index (χ0) is 52.2. The lowest BCUT2D eigenvalue weighted by Crippen LogP contribution is -2.18. The highest BCUT2D eigenvalue weighted by Gasteiger charge is 2.40. The molecule has 370 valence electrons. The van der Waals surface area contributed by atoms with Gasteiger partial charge in [-0.05, 0) is 133 Å². The van der Waals surface area contributed by atoms with Gasteiger partial charge in [0.25, 0.3) is 0 Å². The molecule has 1 aromatic heterocycles. The lowest BCUT2D eigenvalue weighted by atomic mass is 9.81. The summed E-state index contributed by atoms with van der Waals surface area (Å²) < 4.78 is 7.52. The largest absolute Gasteiger partial charge is 0.455 e. The van der Waals surface area contributed by atoms with Gasteiger partial charge in [-0.2, -0.15) is 0 Å². The summed E-state index contributed by atoms with van der Waals surface area (Å²) in [4.78, 5) is 4.85. The van der Waals surface area contributed by atoms with Crippen molar-refractivity contribution in [3.8, 4) is 66.8 Å². The Morgan fingerprint density at radius 3 is 1.08 bits per heavy atom. The maximum atomic E-state index is 7.52. The first kappa shape index (κ1) is 46.6. The number of fused-ring (bicyclic) bond motifs is 7. The number of hydrogen-bond donors (Lipinski definition) is 0. The first-order valence-corrected chi connectivity index (χ1v) is 26.9. The summed E-state index contributed by atoms with van der Waals surface area (Å²) in [5.74, 6) is 0. The molecule has 3 heteroatoms. The molecule has 1 heterocycles. The van der Waals surface area contributed by atoms with Gasteiger partial charge in [-0.15, -0.1) is 0 Å². The smallest absolute Gasteiger partial charge is 0.145 e. The van der Waals surface area contributed by atoms with Crippen LogP contribution in [0.3, 0.4) is 0 Å². The van der Waals surface area contributed by atoms with Crippen LogP contribution >= 0.6 is 0 Å². The summed E-state index contributed by atoms with van der Waals surface area (Å²) >= 11 is 0. The van der Waals surface area contributed by atoms with Crippen LogP contribution in [-0.2, 0) is 5.41 Å². The maximum Gasteiger partial charge on any atom is 0.145 e. The van der Waals surface area contributed by atoms with Crippen molar-refractivity contribution >= 4 is 56.1 Å². The minimum absolute atomic E-state index is 0.440. The predicted molar refractivity (Wildman–Crippen MR) is 328 cm³/mol. The molecule has 0 radical (unpaired) electrons. The van der Waals surface area contributed by atoms with Gasteiger partial charge in [-0.3, -0.25) is 0 Å². The third-order valence-corrected chi connectivity index (χ3v) is 15.9. The molecule has 0 N–H and O–H groups in total. The van der Waals surface area contributed by atoms with Crippen LogP contribution in [0.5, 0.6) is 0 Å². The lowest BCUT2D eigenvalue weighted by molar-refractivity contribution is 0.653. The van der Waals surface area contributed by atoms with E-state index < -0.39 is 5.41 Å². The van der Waals surface area contributed by atoms with Crippen LogP contribution in [0.1, 0.15) is 25.0 Å². The minimum atomic E-state index is -0.440. The minimum Gasteiger partial charge on any atom is -0.455 e. The van der Waals surface area contributed by atoms with E-state index in [9.17, 15) is 0 Å². The molecule has 12 aromatic carbocycles. The van der Waals surface area contributed by atoms with E-state index in [1.54, 1.807) is 0 Å². The molecular weight excluding hydrogens is 945 g/mol. The molecule has 0 unspecified atom stereocenters. The monoisotopic (exact) mass is 998 g/mol. The van der Waals surface area contributed by atoms with Crippen molar-refractivity contribution in [2.75, 3.05) is 9.80 Å². The van der Waals surface area contributed by atoms with E-state index in [0.717, 1.165) is 72.8 Å². The van der Waals surface area contributed by atoms with Gasteiger partial charge >= 0.3 is 0 Å². The molecule has 0 bridgehead atoms. The molecule has 0 spiro atoms. The van der Waals surface area contributed by atoms with Gasteiger partial charge in [0.1, 0.15) is 11.2 Å². The van der Waals surface area contributed by atoms with Gasteiger partial charge in [0.2, 0.25) is 0 Å². The van der Waals surface area contributed by atoms with Gasteiger partial charge in [-0.25, -0.2) is 0 Å². The molecule has 1 aliphatic rings. The van der Waals surface area contributed by atoms with E-state index in [0.29, 0.717) is 0 Å². The Morgan fingerprint density at radius 1 is 0.282 bits per heavy atom. The zero-order valence-corrected chi connectivity index (χ0v) is 43.5. The Hall–Kier alpha value is -9.96. The van der Waals surface area contributed by atoms with E-state index in [-0.39, 0.29) is 0 Å². The predicted octanol–water partition coefficient (Wildman–Crippen LogP) is 21.2. The molecule has 0 atom stereocenters. The van der Waals surface area contributed by atoms with Crippen LogP contribution in [0.4, 0.5) is 34.1 Å². The highest BCUT2D eigenvalue weighted by molar-refractivity contribution is 6.21. The number of rotatable bonds is 11. The molecule has 1 aliphatic carbocycles. The lowest BCUT2D eigenvalue weighted by Gasteiger charge is -2.30. The van der Waals surface area contributed by atoms with E-state index >= 15 is 0 Å². The fraction of sp³-hybridized carbons (Fsp3) is 0.0400. The topological polar surface area (TPSA) is 19.6 Å². The molecule has 78 heavy (non-hydrogen) atoms. The fourth-order valence-electron chi connectivity index (χ4n) is 11.9. The molecule has 0 aliphatic heterocycles. The quantitative estimate of drug-likeness (QED) is 0.129. The fourth-order valence-corrected chi connectivity index (χ4v) is 11.9. The van der Waals surface area contributed by atoms with Gasteiger partial charge in [0, 0.05) is 50.4 Å². The molecule has 3 nitrogen and oxygen atoms in total. The molecular formula is C75H54N2O. The van der Waals surface area contributed by atoms with Gasteiger partial charge in [0.05, 0.1) is 11.1 Å². The Kier molecular flexibility index (Phi) is 11.5. The van der Waals surface area contributed by atoms with Crippen molar-refractivity contribution in [2.45, 2.75) is 19.3 Å². The zero-order valence-electron chi connectivity index (χ0n) is 43.5. The number of furan rings is 1. The third-order valence-electron chi connectivity index (χ3n) is 15.9. The van der Waals surface area contributed by atoms with Gasteiger partial charge in [-0.1, -0.05) is 238 Å². The van der Waals surface area contributed by atoms with Crippen LogP contribution in [-0.4, -0.2) is 0 Å². The Labute approximate surface area is 456 Å². The molecule has 0 saturated carbocycles. The highest BCUT2D eigenvalue weighted by Crippen LogP contribution is 2.58. The summed E-state index contributed by atoms with van der Waals surface area (Å²) in [6, 6.07) is 105. The first-order chi connectivity index (χ1) is 38.4. The molecule has 0 fully saturated rings. The number of anilines is 6. The van der Waals surface area contributed by atoms with Crippen LogP contribution in [0.15, 0.2) is 296 Å². The van der Waals surface area contributed by atoms with Gasteiger partial charge in [0.15, 0.2) is 0 Å². The molecule has 0 saturated heterocycles. The van der Waals surface area contributed by atoms with Crippen LogP contribution in [0.2, 0.25) is 0 Å². The Morgan fingerprint density at radius 2 is 0.654 bits per heavy atom. The SMILES string of the molecule is CC1(C)c2cc(N(c3ccc(-c4ccccc4)cc3)c3ccc(-c4ccccc4)cc3)ccc2-c2c1cc(N(c1ccc(-c3ccccc3)cc1)c1ccc(-c3ccccc3)cc1)c1c2oc2c(-c3ccccc3)cccc21. The summed E-state index contributed by atoms with van der Waals surface area (Å²) in [7, 11) is 0. The van der Waals surface area contributed by atoms with Crippen molar-refractivity contribution in [3.05, 3.63) is 302 Å². The first-order valence-electron chi connectivity index (χ1n) is 26.9. The number of hydrogen-bond acceptors (Lipinski definition) is 3. The average Bonchev–Trinajstić information content (AvgIpc) is 4.15. The summed E-state index contributed by atoms with van der Waals surface area (Å²) in [5, 5.41) is 2.15. The van der Waals surface area contributed by atoms with Crippen molar-refractivity contribution in [3.63, 3.8) is 0 Å². The van der Waals surface area contributed by atoms with Gasteiger partial charge < -0.3 is 14.2 Å². The second-order valence-electron chi connectivity index (χ2n) is 20.9. The van der Waals surface area contributed by atoms with Crippen molar-refractivity contribution in [1.29, 1.82) is 0 Å². The summed E-state index contributed by atoms with van der Waals surface area (Å²) in [6.45, 7) is 4.77. The van der Waals surface area contributed by atoms with E-state index in [2.05, 4.69) is 315 Å². The van der Waals surface area contributed by atoms with Crippen molar-refractivity contribution in [2.24, 2.45) is 0 Å². The number of benzene rings is 12. The molecule has 14 rings (SSSR count). The molecule has 0 amide bonds. The van der Waals surface area contributed by atoms with E-state index in [1.165, 1.54) is 61.2 Å². The third kappa shape index (κ3) is 8.16. The second-order valence-corrected chi connectivity index (χ2v) is 20.9. The Bertz CT molecular complexity index is 4100. The maximum absolute atomic E-state index is 7.52. The van der Waals surface area contributed by atoms with Crippen molar-refractivity contribution < 1.29 is 4.42 Å². The summed E-state index contributed by atoms with van der Waals surface area (Å²) in [5.41, 5.74) is 24.1. The second kappa shape index (κ2) is 19.3. The van der Waals surface area contributed by atoms with Crippen molar-refractivity contribution in [1.82, 2.24) is 0 Å². The van der Waals surface area contributed by atoms with E-state index in [4.69, 9.17) is 4.42 Å². The molecule has 13 aromatic rings. The van der Waals surface area contributed by atoms with Crippen LogP contribution in [0.25, 0.3) is 88.7 Å².